The van der Waals surface area contributed by atoms with Gasteiger partial charge in [-0.15, -0.1) is 0 Å². The molecule has 1 aromatic carbocycles. The molecule has 0 saturated carbocycles. The van der Waals surface area contributed by atoms with Crippen LogP contribution in [0.5, 0.6) is 0 Å². The fourth-order valence-electron chi connectivity index (χ4n) is 2.41. The average molecular weight is 462 g/mol. The van der Waals surface area contributed by atoms with Gasteiger partial charge in [-0.25, -0.2) is 12.7 Å². The molecule has 0 aliphatic heterocycles. The molecule has 2 rings (SSSR count). The van der Waals surface area contributed by atoms with E-state index in [1.807, 2.05) is 6.92 Å². The summed E-state index contributed by atoms with van der Waals surface area (Å²) in [7, 11) is 0.352. The summed E-state index contributed by atoms with van der Waals surface area (Å²) < 4.78 is 27.2. The van der Waals surface area contributed by atoms with Crippen LogP contribution >= 0.6 is 23.2 Å². The lowest BCUT2D eigenvalue weighted by Crippen LogP contribution is -2.28. The van der Waals surface area contributed by atoms with E-state index in [1.165, 1.54) is 31.0 Å². The van der Waals surface area contributed by atoms with Crippen molar-refractivity contribution in [1.82, 2.24) is 19.4 Å². The van der Waals surface area contributed by atoms with Gasteiger partial charge in [0, 0.05) is 27.7 Å². The normalized spacial score (nSPS) is 11.6. The van der Waals surface area contributed by atoms with E-state index in [4.69, 9.17) is 23.2 Å². The van der Waals surface area contributed by atoms with E-state index in [0.29, 0.717) is 6.54 Å². The van der Waals surface area contributed by atoms with Crippen LogP contribution in [-0.2, 0) is 17.1 Å². The molecule has 2 N–H and O–H groups in total. The smallest absolute Gasteiger partial charge is 0.271 e. The fourth-order valence-corrected chi connectivity index (χ4v) is 4.13. The maximum absolute atomic E-state index is 12.8. The van der Waals surface area contributed by atoms with Crippen LogP contribution in [0.4, 0.5) is 5.69 Å². The topological polar surface area (TPSA) is 113 Å². The van der Waals surface area contributed by atoms with Gasteiger partial charge in [-0.05, 0) is 18.6 Å². The molecule has 158 valence electrons. The molecule has 0 radical (unpaired) electrons. The zero-order valence-electron chi connectivity index (χ0n) is 16.3. The van der Waals surface area contributed by atoms with Gasteiger partial charge >= 0.3 is 0 Å². The zero-order valence-corrected chi connectivity index (χ0v) is 18.6. The molecule has 0 unspecified atom stereocenters. The van der Waals surface area contributed by atoms with Crippen LogP contribution in [0.2, 0.25) is 10.0 Å². The molecule has 29 heavy (non-hydrogen) atoms. The summed E-state index contributed by atoms with van der Waals surface area (Å²) in [5.41, 5.74) is 0.201. The predicted molar refractivity (Wildman–Crippen MR) is 111 cm³/mol. The summed E-state index contributed by atoms with van der Waals surface area (Å²) in [6.07, 6.45) is 2.06. The van der Waals surface area contributed by atoms with Crippen LogP contribution in [0, 0.1) is 0 Å². The van der Waals surface area contributed by atoms with E-state index in [1.54, 1.807) is 7.05 Å². The molecule has 9 nitrogen and oxygen atoms in total. The van der Waals surface area contributed by atoms with Crippen LogP contribution < -0.4 is 10.6 Å². The number of hydrogen-bond acceptors (Lipinski definition) is 5. The second-order valence-electron chi connectivity index (χ2n) is 6.29. The maximum Gasteiger partial charge on any atom is 0.271 e. The molecule has 12 heteroatoms. The number of carbonyl (C=O) groups excluding carboxylic acids is 2. The SMILES string of the molecule is CCCNC(=O)c1c(NC(=O)c2cc(S(=O)(=O)N(C)C)c(Cl)cc2Cl)cnn1C. The first kappa shape index (κ1) is 23.1. The average Bonchev–Trinajstić information content (AvgIpc) is 2.99. The predicted octanol–water partition coefficient (Wildman–Crippen LogP) is 2.37. The third-order valence-electron chi connectivity index (χ3n) is 3.96. The van der Waals surface area contributed by atoms with Gasteiger partial charge in [0.25, 0.3) is 11.8 Å². The molecule has 1 aromatic heterocycles. The second-order valence-corrected chi connectivity index (χ2v) is 9.23. The summed E-state index contributed by atoms with van der Waals surface area (Å²) in [5.74, 6) is -1.11. The third-order valence-corrected chi connectivity index (χ3v) is 6.55. The largest absolute Gasteiger partial charge is 0.351 e. The van der Waals surface area contributed by atoms with Crippen molar-refractivity contribution < 1.29 is 18.0 Å². The number of nitrogens with zero attached hydrogens (tertiary/aromatic N) is 3. The van der Waals surface area contributed by atoms with Crippen molar-refractivity contribution in [3.8, 4) is 0 Å². The van der Waals surface area contributed by atoms with Gasteiger partial charge in [-0.1, -0.05) is 30.1 Å². The Bertz CT molecular complexity index is 1050. The summed E-state index contributed by atoms with van der Waals surface area (Å²) in [4.78, 5) is 24.9. The number of amides is 2. The molecular formula is C17H21Cl2N5O4S. The van der Waals surface area contributed by atoms with Gasteiger partial charge in [0.2, 0.25) is 10.0 Å². The Kier molecular flexibility index (Phi) is 7.28. The quantitative estimate of drug-likeness (QED) is 0.656. The van der Waals surface area contributed by atoms with Crippen molar-refractivity contribution in [1.29, 1.82) is 0 Å². The molecule has 0 spiro atoms. The maximum atomic E-state index is 12.8. The van der Waals surface area contributed by atoms with Crippen molar-refractivity contribution in [2.24, 2.45) is 7.05 Å². The van der Waals surface area contributed by atoms with E-state index in [2.05, 4.69) is 15.7 Å². The molecule has 0 aliphatic carbocycles. The van der Waals surface area contributed by atoms with Crippen LogP contribution in [0.15, 0.2) is 23.2 Å². The lowest BCUT2D eigenvalue weighted by atomic mass is 10.2. The molecule has 0 bridgehead atoms. The van der Waals surface area contributed by atoms with Gasteiger partial charge < -0.3 is 10.6 Å². The third kappa shape index (κ3) is 4.89. The van der Waals surface area contributed by atoms with Crippen molar-refractivity contribution in [2.45, 2.75) is 18.2 Å². The Morgan fingerprint density at radius 2 is 1.83 bits per heavy atom. The van der Waals surface area contributed by atoms with Crippen LogP contribution in [-0.4, -0.2) is 55.0 Å². The summed E-state index contributed by atoms with van der Waals surface area (Å²) >= 11 is 12.1. The zero-order chi connectivity index (χ0) is 21.9. The number of sulfonamides is 1. The van der Waals surface area contributed by atoms with E-state index in [9.17, 15) is 18.0 Å². The lowest BCUT2D eigenvalue weighted by Gasteiger charge is -2.15. The number of aryl methyl sites for hydroxylation is 1. The van der Waals surface area contributed by atoms with Crippen LogP contribution in [0.1, 0.15) is 34.2 Å². The van der Waals surface area contributed by atoms with Gasteiger partial charge in [0.15, 0.2) is 0 Å². The number of aromatic nitrogens is 2. The summed E-state index contributed by atoms with van der Waals surface area (Å²) in [5, 5.41) is 9.11. The highest BCUT2D eigenvalue weighted by Crippen LogP contribution is 2.30. The highest BCUT2D eigenvalue weighted by atomic mass is 35.5. The first-order valence-electron chi connectivity index (χ1n) is 8.53. The molecule has 0 aliphatic rings. The molecule has 1 heterocycles. The first-order valence-corrected chi connectivity index (χ1v) is 10.7. The van der Waals surface area contributed by atoms with Crippen molar-refractivity contribution in [2.75, 3.05) is 26.0 Å². The van der Waals surface area contributed by atoms with Gasteiger partial charge in [0.1, 0.15) is 10.6 Å². The standard InChI is InChI=1S/C17H21Cl2N5O4S/c1-5-6-20-17(26)15-13(9-21-24(15)4)22-16(25)10-7-14(12(19)8-11(10)18)29(27,28)23(2)3/h7-9H,5-6H2,1-4H3,(H,20,26)(H,22,25). The summed E-state index contributed by atoms with van der Waals surface area (Å²) in [6, 6.07) is 2.29. The Hall–Kier alpha value is -2.14. The van der Waals surface area contributed by atoms with E-state index in [0.717, 1.165) is 16.8 Å². The fraction of sp³-hybridized carbons (Fsp3) is 0.353. The monoisotopic (exact) mass is 461 g/mol. The number of carbonyl (C=O) groups is 2. The minimum Gasteiger partial charge on any atom is -0.351 e. The minimum atomic E-state index is -3.90. The highest BCUT2D eigenvalue weighted by molar-refractivity contribution is 7.89. The highest BCUT2D eigenvalue weighted by Gasteiger charge is 2.26. The van der Waals surface area contributed by atoms with E-state index >= 15 is 0 Å². The number of rotatable bonds is 7. The lowest BCUT2D eigenvalue weighted by molar-refractivity contribution is 0.0945. The Morgan fingerprint density at radius 3 is 2.41 bits per heavy atom. The molecule has 0 atom stereocenters. The molecule has 0 fully saturated rings. The van der Waals surface area contributed by atoms with E-state index < -0.39 is 21.8 Å². The Balaban J connectivity index is 2.42. The van der Waals surface area contributed by atoms with Gasteiger partial charge in [0.05, 0.1) is 27.5 Å². The molecule has 0 saturated heterocycles. The number of halogens is 2. The first-order chi connectivity index (χ1) is 13.5. The van der Waals surface area contributed by atoms with E-state index in [-0.39, 0.29) is 31.9 Å². The number of anilines is 1. The number of benzene rings is 1. The Labute approximate surface area is 179 Å². The number of nitrogens with one attached hydrogen (secondary N) is 2. The Morgan fingerprint density at radius 1 is 1.17 bits per heavy atom. The minimum absolute atomic E-state index is 0.0360. The molecule has 2 amide bonds. The number of hydrogen-bond donors (Lipinski definition) is 2. The van der Waals surface area contributed by atoms with Crippen LogP contribution in [0.25, 0.3) is 0 Å². The summed E-state index contributed by atoms with van der Waals surface area (Å²) in [6.45, 7) is 2.38. The second kappa shape index (κ2) is 9.12. The van der Waals surface area contributed by atoms with Crippen molar-refractivity contribution in [3.63, 3.8) is 0 Å². The van der Waals surface area contributed by atoms with Crippen LogP contribution in [0.3, 0.4) is 0 Å². The van der Waals surface area contributed by atoms with Crippen molar-refractivity contribution in [3.05, 3.63) is 39.6 Å². The van der Waals surface area contributed by atoms with Gasteiger partial charge in [-0.3, -0.25) is 14.3 Å². The van der Waals surface area contributed by atoms with Crippen molar-refractivity contribution >= 4 is 50.7 Å². The van der Waals surface area contributed by atoms with Gasteiger partial charge in [-0.2, -0.15) is 5.10 Å². The molecule has 2 aromatic rings. The molecular weight excluding hydrogens is 441 g/mol.